The van der Waals surface area contributed by atoms with Crippen molar-refractivity contribution in [2.24, 2.45) is 0 Å². The molecule has 1 fully saturated rings. The van der Waals surface area contributed by atoms with Crippen LogP contribution in [0.5, 0.6) is 5.75 Å². The minimum atomic E-state index is -0.130. The highest BCUT2D eigenvalue weighted by molar-refractivity contribution is 7.09. The molecule has 0 spiro atoms. The van der Waals surface area contributed by atoms with E-state index in [9.17, 15) is 0 Å². The number of ether oxygens (including phenoxy) is 1. The number of aryl methyl sites for hydroxylation is 1. The van der Waals surface area contributed by atoms with Crippen molar-refractivity contribution in [3.05, 3.63) is 45.9 Å². The van der Waals surface area contributed by atoms with Crippen LogP contribution in [0.2, 0.25) is 0 Å². The minimum absolute atomic E-state index is 0.130. The van der Waals surface area contributed by atoms with Gasteiger partial charge in [-0.2, -0.15) is 0 Å². The molecule has 0 radical (unpaired) electrons. The van der Waals surface area contributed by atoms with Gasteiger partial charge in [-0.05, 0) is 38.3 Å². The van der Waals surface area contributed by atoms with Crippen LogP contribution in [0.25, 0.3) is 0 Å². The molecule has 0 bridgehead atoms. The fourth-order valence-electron chi connectivity index (χ4n) is 2.70. The molecule has 0 saturated heterocycles. The second-order valence-corrected chi connectivity index (χ2v) is 6.89. The predicted molar refractivity (Wildman–Crippen MR) is 87.1 cm³/mol. The molecule has 1 aromatic heterocycles. The van der Waals surface area contributed by atoms with E-state index in [4.69, 9.17) is 9.72 Å². The van der Waals surface area contributed by atoms with Gasteiger partial charge in [0.15, 0.2) is 0 Å². The third-order valence-electron chi connectivity index (χ3n) is 3.93. The highest BCUT2D eigenvalue weighted by atomic mass is 32.1. The van der Waals surface area contributed by atoms with Crippen LogP contribution in [0.4, 0.5) is 0 Å². The minimum Gasteiger partial charge on any atom is -0.496 e. The Bertz CT molecular complexity index is 621. The Morgan fingerprint density at radius 1 is 1.38 bits per heavy atom. The summed E-state index contributed by atoms with van der Waals surface area (Å²) >= 11 is 1.74. The normalized spacial score (nSPS) is 17.5. The van der Waals surface area contributed by atoms with Crippen molar-refractivity contribution >= 4 is 11.3 Å². The van der Waals surface area contributed by atoms with E-state index < -0.39 is 0 Å². The maximum absolute atomic E-state index is 5.51. The second-order valence-electron chi connectivity index (χ2n) is 6.03. The molecule has 0 amide bonds. The number of para-hydroxylation sites is 1. The molecule has 21 heavy (non-hydrogen) atoms. The van der Waals surface area contributed by atoms with Gasteiger partial charge in [-0.1, -0.05) is 18.2 Å². The van der Waals surface area contributed by atoms with Gasteiger partial charge in [-0.15, -0.1) is 11.3 Å². The molecule has 1 aliphatic rings. The standard InChI is InChI=1S/C17H22N2OS/c1-12-11-21-16(18-12)17(2,19-14-8-9-14)10-13-6-4-5-7-15(13)20-3/h4-7,11,14,19H,8-10H2,1-3H3. The molecule has 1 unspecified atom stereocenters. The second kappa shape index (κ2) is 5.78. The summed E-state index contributed by atoms with van der Waals surface area (Å²) in [4.78, 5) is 4.73. The van der Waals surface area contributed by atoms with Crippen LogP contribution in [0.3, 0.4) is 0 Å². The van der Waals surface area contributed by atoms with Gasteiger partial charge in [0.1, 0.15) is 10.8 Å². The lowest BCUT2D eigenvalue weighted by Crippen LogP contribution is -2.43. The molecule has 3 nitrogen and oxygen atoms in total. The van der Waals surface area contributed by atoms with Gasteiger partial charge < -0.3 is 10.1 Å². The van der Waals surface area contributed by atoms with Crippen LogP contribution in [0.1, 0.15) is 36.0 Å². The van der Waals surface area contributed by atoms with Crippen LogP contribution in [-0.4, -0.2) is 18.1 Å². The zero-order chi connectivity index (χ0) is 14.9. The van der Waals surface area contributed by atoms with E-state index in [1.165, 1.54) is 18.4 Å². The number of thiazole rings is 1. The molecule has 1 saturated carbocycles. The number of rotatable bonds is 6. The number of nitrogens with zero attached hydrogens (tertiary/aromatic N) is 1. The van der Waals surface area contributed by atoms with Crippen molar-refractivity contribution in [1.82, 2.24) is 10.3 Å². The molecule has 1 N–H and O–H groups in total. The summed E-state index contributed by atoms with van der Waals surface area (Å²) in [5.41, 5.74) is 2.19. The van der Waals surface area contributed by atoms with Gasteiger partial charge in [0, 0.05) is 23.5 Å². The predicted octanol–water partition coefficient (Wildman–Crippen LogP) is 3.67. The van der Waals surface area contributed by atoms with Crippen LogP contribution < -0.4 is 10.1 Å². The Kier molecular flexibility index (Phi) is 4.00. The van der Waals surface area contributed by atoms with Gasteiger partial charge in [-0.3, -0.25) is 0 Å². The number of hydrogen-bond donors (Lipinski definition) is 1. The molecular weight excluding hydrogens is 280 g/mol. The number of methoxy groups -OCH3 is 1. The monoisotopic (exact) mass is 302 g/mol. The first-order valence-electron chi connectivity index (χ1n) is 7.43. The lowest BCUT2D eigenvalue weighted by Gasteiger charge is -2.30. The molecule has 2 aromatic rings. The zero-order valence-electron chi connectivity index (χ0n) is 12.8. The highest BCUT2D eigenvalue weighted by Gasteiger charge is 2.36. The maximum atomic E-state index is 5.51. The van der Waals surface area contributed by atoms with Gasteiger partial charge in [0.2, 0.25) is 0 Å². The zero-order valence-corrected chi connectivity index (χ0v) is 13.7. The highest BCUT2D eigenvalue weighted by Crippen LogP contribution is 2.35. The van der Waals surface area contributed by atoms with Gasteiger partial charge in [0.05, 0.1) is 12.6 Å². The Hall–Kier alpha value is -1.39. The average Bonchev–Trinajstić information content (AvgIpc) is 3.16. The number of aromatic nitrogens is 1. The lowest BCUT2D eigenvalue weighted by molar-refractivity contribution is 0.346. The summed E-state index contributed by atoms with van der Waals surface area (Å²) in [6.07, 6.45) is 3.43. The number of hydrogen-bond acceptors (Lipinski definition) is 4. The van der Waals surface area contributed by atoms with Crippen molar-refractivity contribution in [1.29, 1.82) is 0 Å². The quantitative estimate of drug-likeness (QED) is 0.884. The lowest BCUT2D eigenvalue weighted by atomic mass is 9.92. The SMILES string of the molecule is COc1ccccc1CC(C)(NC1CC1)c1nc(C)cs1. The summed E-state index contributed by atoms with van der Waals surface area (Å²) in [6, 6.07) is 8.89. The summed E-state index contributed by atoms with van der Waals surface area (Å²) < 4.78 is 5.51. The Labute approximate surface area is 130 Å². The van der Waals surface area contributed by atoms with E-state index in [1.54, 1.807) is 18.4 Å². The van der Waals surface area contributed by atoms with Crippen molar-refractivity contribution in [2.75, 3.05) is 7.11 Å². The van der Waals surface area contributed by atoms with Gasteiger partial charge in [0.25, 0.3) is 0 Å². The van der Waals surface area contributed by atoms with Gasteiger partial charge >= 0.3 is 0 Å². The third-order valence-corrected chi connectivity index (χ3v) is 5.15. The van der Waals surface area contributed by atoms with Crippen molar-refractivity contribution in [3.8, 4) is 5.75 Å². The first-order chi connectivity index (χ1) is 10.1. The van der Waals surface area contributed by atoms with Gasteiger partial charge in [-0.25, -0.2) is 4.98 Å². The Morgan fingerprint density at radius 2 is 2.14 bits per heavy atom. The average molecular weight is 302 g/mol. The molecule has 1 atom stereocenters. The van der Waals surface area contributed by atoms with Crippen LogP contribution in [0.15, 0.2) is 29.6 Å². The summed E-state index contributed by atoms with van der Waals surface area (Å²) in [6.45, 7) is 4.32. The van der Waals surface area contributed by atoms with E-state index in [1.807, 2.05) is 12.1 Å². The summed E-state index contributed by atoms with van der Waals surface area (Å²) in [5.74, 6) is 0.953. The van der Waals surface area contributed by atoms with Crippen molar-refractivity contribution in [2.45, 2.75) is 44.7 Å². The fourth-order valence-corrected chi connectivity index (χ4v) is 3.63. The van der Waals surface area contributed by atoms with E-state index >= 15 is 0 Å². The third kappa shape index (κ3) is 3.27. The maximum Gasteiger partial charge on any atom is 0.122 e. The van der Waals surface area contributed by atoms with Crippen LogP contribution in [-0.2, 0) is 12.0 Å². The van der Waals surface area contributed by atoms with E-state index in [0.29, 0.717) is 6.04 Å². The van der Waals surface area contributed by atoms with Crippen molar-refractivity contribution in [3.63, 3.8) is 0 Å². The number of benzene rings is 1. The van der Waals surface area contributed by atoms with Crippen LogP contribution >= 0.6 is 11.3 Å². The summed E-state index contributed by atoms with van der Waals surface area (Å²) in [7, 11) is 1.73. The molecular formula is C17H22N2OS. The molecule has 112 valence electrons. The van der Waals surface area contributed by atoms with E-state index in [0.717, 1.165) is 22.9 Å². The van der Waals surface area contributed by atoms with Crippen molar-refractivity contribution < 1.29 is 4.74 Å². The molecule has 1 aliphatic carbocycles. The largest absolute Gasteiger partial charge is 0.496 e. The molecule has 3 rings (SSSR count). The first kappa shape index (κ1) is 14.5. The summed E-state index contributed by atoms with van der Waals surface area (Å²) in [5, 5.41) is 7.08. The Balaban J connectivity index is 1.91. The number of nitrogens with one attached hydrogen (secondary N) is 1. The first-order valence-corrected chi connectivity index (χ1v) is 8.31. The Morgan fingerprint density at radius 3 is 2.76 bits per heavy atom. The van der Waals surface area contributed by atoms with Crippen LogP contribution in [0, 0.1) is 6.92 Å². The molecule has 4 heteroatoms. The smallest absolute Gasteiger partial charge is 0.122 e. The molecule has 1 heterocycles. The molecule has 0 aliphatic heterocycles. The molecule has 1 aromatic carbocycles. The topological polar surface area (TPSA) is 34.1 Å². The fraction of sp³-hybridized carbons (Fsp3) is 0.471. The van der Waals surface area contributed by atoms with E-state index in [-0.39, 0.29) is 5.54 Å². The van der Waals surface area contributed by atoms with E-state index in [2.05, 4.69) is 36.7 Å².